The van der Waals surface area contributed by atoms with Crippen LogP contribution in [-0.2, 0) is 10.0 Å². The van der Waals surface area contributed by atoms with Gasteiger partial charge in [-0.1, -0.05) is 27.7 Å². The van der Waals surface area contributed by atoms with Gasteiger partial charge in [0.05, 0.1) is 12.0 Å². The lowest BCUT2D eigenvalue weighted by Crippen LogP contribution is -2.13. The monoisotopic (exact) mass is 363 g/mol. The van der Waals surface area contributed by atoms with Gasteiger partial charge in [0.1, 0.15) is 11.5 Å². The Morgan fingerprint density at radius 2 is 1.44 bits per heavy atom. The van der Waals surface area contributed by atoms with Crippen LogP contribution in [-0.4, -0.2) is 20.6 Å². The fourth-order valence-electron chi connectivity index (χ4n) is 2.59. The van der Waals surface area contributed by atoms with Crippen molar-refractivity contribution < 1.29 is 18.3 Å². The Morgan fingerprint density at radius 3 is 1.84 bits per heavy atom. The molecular formula is C19H25NO4S. The number of hydrogen-bond acceptors (Lipinski definition) is 4. The number of phenols is 1. The van der Waals surface area contributed by atoms with Gasteiger partial charge in [0.2, 0.25) is 0 Å². The van der Waals surface area contributed by atoms with Crippen molar-refractivity contribution in [2.75, 3.05) is 11.8 Å². The average Bonchev–Trinajstić information content (AvgIpc) is 2.55. The van der Waals surface area contributed by atoms with Crippen LogP contribution in [0.15, 0.2) is 41.3 Å². The van der Waals surface area contributed by atoms with E-state index in [4.69, 9.17) is 4.74 Å². The van der Waals surface area contributed by atoms with E-state index in [1.807, 2.05) is 27.7 Å². The van der Waals surface area contributed by atoms with Crippen molar-refractivity contribution in [3.05, 3.63) is 47.5 Å². The largest absolute Gasteiger partial charge is 0.507 e. The topological polar surface area (TPSA) is 75.6 Å². The Hall–Kier alpha value is -2.21. The van der Waals surface area contributed by atoms with Gasteiger partial charge in [-0.15, -0.1) is 0 Å². The second-order valence-corrected chi connectivity index (χ2v) is 8.28. The van der Waals surface area contributed by atoms with Crippen molar-refractivity contribution >= 4 is 15.7 Å². The Morgan fingerprint density at radius 1 is 0.960 bits per heavy atom. The molecule has 0 atom stereocenters. The number of methoxy groups -OCH3 is 1. The van der Waals surface area contributed by atoms with E-state index in [1.165, 1.54) is 19.2 Å². The molecule has 2 aromatic carbocycles. The molecule has 0 heterocycles. The van der Waals surface area contributed by atoms with Crippen LogP contribution in [0.1, 0.15) is 50.7 Å². The molecule has 0 fully saturated rings. The zero-order valence-electron chi connectivity index (χ0n) is 15.2. The summed E-state index contributed by atoms with van der Waals surface area (Å²) in [6, 6.07) is 9.57. The van der Waals surface area contributed by atoms with E-state index >= 15 is 0 Å². The number of ether oxygens (including phenoxy) is 1. The molecule has 0 saturated heterocycles. The molecule has 5 nitrogen and oxygen atoms in total. The summed E-state index contributed by atoms with van der Waals surface area (Å²) in [7, 11) is -2.20. The lowest BCUT2D eigenvalue weighted by molar-refractivity contribution is 0.414. The standard InChI is InChI=1S/C19H25NO4S/c1-12(2)17-10-14(11-18(13(3)4)19(17)21)20-25(22,23)16-8-6-15(24-5)7-9-16/h6-13,20-21H,1-5H3. The molecule has 0 radical (unpaired) electrons. The van der Waals surface area contributed by atoms with Gasteiger partial charge in [-0.3, -0.25) is 4.72 Å². The molecule has 136 valence electrons. The van der Waals surface area contributed by atoms with E-state index in [2.05, 4.69) is 4.72 Å². The molecule has 0 aromatic heterocycles. The molecular weight excluding hydrogens is 338 g/mol. The van der Waals surface area contributed by atoms with Gasteiger partial charge in [-0.25, -0.2) is 8.42 Å². The summed E-state index contributed by atoms with van der Waals surface area (Å²) in [5, 5.41) is 10.4. The average molecular weight is 363 g/mol. The van der Waals surface area contributed by atoms with Crippen molar-refractivity contribution in [3.63, 3.8) is 0 Å². The zero-order valence-corrected chi connectivity index (χ0v) is 16.0. The highest BCUT2D eigenvalue weighted by atomic mass is 32.2. The van der Waals surface area contributed by atoms with Crippen molar-refractivity contribution in [2.24, 2.45) is 0 Å². The molecule has 0 bridgehead atoms. The Bertz CT molecular complexity index is 811. The summed E-state index contributed by atoms with van der Waals surface area (Å²) < 4.78 is 32.9. The first-order valence-electron chi connectivity index (χ1n) is 8.19. The van der Waals surface area contributed by atoms with Crippen molar-refractivity contribution in [2.45, 2.75) is 44.4 Å². The molecule has 0 saturated carbocycles. The predicted molar refractivity (Wildman–Crippen MR) is 100 cm³/mol. The number of anilines is 1. The quantitative estimate of drug-likeness (QED) is 0.744. The smallest absolute Gasteiger partial charge is 0.261 e. The van der Waals surface area contributed by atoms with E-state index in [0.29, 0.717) is 11.4 Å². The first-order valence-corrected chi connectivity index (χ1v) is 9.67. The van der Waals surface area contributed by atoms with Gasteiger partial charge >= 0.3 is 0 Å². The van der Waals surface area contributed by atoms with Crippen LogP contribution in [0.25, 0.3) is 0 Å². The molecule has 6 heteroatoms. The SMILES string of the molecule is COc1ccc(S(=O)(=O)Nc2cc(C(C)C)c(O)c(C(C)C)c2)cc1. The van der Waals surface area contributed by atoms with E-state index in [0.717, 1.165) is 11.1 Å². The molecule has 2 N–H and O–H groups in total. The number of phenolic OH excluding ortho intramolecular Hbond substituents is 1. The summed E-state index contributed by atoms with van der Waals surface area (Å²) in [5.41, 5.74) is 1.89. The molecule has 0 unspecified atom stereocenters. The van der Waals surface area contributed by atoms with Crippen LogP contribution in [0.3, 0.4) is 0 Å². The maximum absolute atomic E-state index is 12.6. The number of hydrogen-bond donors (Lipinski definition) is 2. The molecule has 0 aliphatic heterocycles. The van der Waals surface area contributed by atoms with Gasteiger partial charge in [0.25, 0.3) is 10.0 Å². The lowest BCUT2D eigenvalue weighted by Gasteiger charge is -2.18. The number of aromatic hydroxyl groups is 1. The van der Waals surface area contributed by atoms with Crippen molar-refractivity contribution in [3.8, 4) is 11.5 Å². The minimum Gasteiger partial charge on any atom is -0.507 e. The van der Waals surface area contributed by atoms with Crippen LogP contribution in [0.5, 0.6) is 11.5 Å². The van der Waals surface area contributed by atoms with Gasteiger partial charge in [-0.2, -0.15) is 0 Å². The predicted octanol–water partition coefficient (Wildman–Crippen LogP) is 4.45. The number of benzene rings is 2. The summed E-state index contributed by atoms with van der Waals surface area (Å²) in [5.74, 6) is 0.969. The minimum absolute atomic E-state index is 0.0722. The fourth-order valence-corrected chi connectivity index (χ4v) is 3.63. The van der Waals surface area contributed by atoms with Crippen LogP contribution < -0.4 is 9.46 Å². The second-order valence-electron chi connectivity index (χ2n) is 6.59. The van der Waals surface area contributed by atoms with Crippen molar-refractivity contribution in [1.29, 1.82) is 0 Å². The number of nitrogens with one attached hydrogen (secondary N) is 1. The molecule has 0 amide bonds. The van der Waals surface area contributed by atoms with Crippen LogP contribution >= 0.6 is 0 Å². The van der Waals surface area contributed by atoms with Crippen LogP contribution in [0.2, 0.25) is 0 Å². The highest BCUT2D eigenvalue weighted by Gasteiger charge is 2.19. The zero-order chi connectivity index (χ0) is 18.8. The Kier molecular flexibility index (Phi) is 5.62. The highest BCUT2D eigenvalue weighted by Crippen LogP contribution is 2.37. The fraction of sp³-hybridized carbons (Fsp3) is 0.368. The lowest BCUT2D eigenvalue weighted by atomic mass is 9.93. The summed E-state index contributed by atoms with van der Waals surface area (Å²) in [6.07, 6.45) is 0. The third kappa shape index (κ3) is 4.25. The van der Waals surface area contributed by atoms with Gasteiger partial charge in [-0.05, 0) is 59.4 Å². The number of rotatable bonds is 6. The van der Waals surface area contributed by atoms with Crippen molar-refractivity contribution in [1.82, 2.24) is 0 Å². The van der Waals surface area contributed by atoms with E-state index in [9.17, 15) is 13.5 Å². The minimum atomic E-state index is -3.72. The maximum Gasteiger partial charge on any atom is 0.261 e. The van der Waals surface area contributed by atoms with Gasteiger partial charge in [0.15, 0.2) is 0 Å². The molecule has 0 aliphatic carbocycles. The first kappa shape index (κ1) is 19.1. The summed E-state index contributed by atoms with van der Waals surface area (Å²) >= 11 is 0. The molecule has 2 rings (SSSR count). The van der Waals surface area contributed by atoms with Gasteiger partial charge < -0.3 is 9.84 Å². The Balaban J connectivity index is 2.44. The third-order valence-electron chi connectivity index (χ3n) is 4.03. The van der Waals surface area contributed by atoms with Crippen LogP contribution in [0, 0.1) is 0 Å². The van der Waals surface area contributed by atoms with Gasteiger partial charge in [0, 0.05) is 5.69 Å². The highest BCUT2D eigenvalue weighted by molar-refractivity contribution is 7.92. The first-order chi connectivity index (χ1) is 11.7. The maximum atomic E-state index is 12.6. The molecule has 2 aromatic rings. The normalized spacial score (nSPS) is 11.8. The molecule has 0 aliphatic rings. The summed E-state index contributed by atoms with van der Waals surface area (Å²) in [6.45, 7) is 7.84. The number of sulfonamides is 1. The van der Waals surface area contributed by atoms with E-state index in [-0.39, 0.29) is 22.5 Å². The second kappa shape index (κ2) is 7.35. The third-order valence-corrected chi connectivity index (χ3v) is 5.43. The molecule has 25 heavy (non-hydrogen) atoms. The summed E-state index contributed by atoms with van der Waals surface area (Å²) in [4.78, 5) is 0.151. The van der Waals surface area contributed by atoms with Crippen LogP contribution in [0.4, 0.5) is 5.69 Å². The van der Waals surface area contributed by atoms with E-state index in [1.54, 1.807) is 24.3 Å². The van der Waals surface area contributed by atoms with E-state index < -0.39 is 10.0 Å². The Labute approximate surface area is 149 Å². The molecule has 0 spiro atoms.